The number of hydrogen-bond acceptors (Lipinski definition) is 5. The summed E-state index contributed by atoms with van der Waals surface area (Å²) in [5.41, 5.74) is 0. The normalized spacial score (nSPS) is 14.4. The van der Waals surface area contributed by atoms with E-state index >= 15 is 0 Å². The van der Waals surface area contributed by atoms with Crippen LogP contribution in [-0.4, -0.2) is 50.5 Å². The van der Waals surface area contributed by atoms with Crippen LogP contribution in [0.2, 0.25) is 0 Å². The summed E-state index contributed by atoms with van der Waals surface area (Å²) in [6.07, 6.45) is 3.57. The first-order valence-corrected chi connectivity index (χ1v) is 11.4. The Bertz CT molecular complexity index is 607. The number of thiophene rings is 1. The summed E-state index contributed by atoms with van der Waals surface area (Å²) < 4.78 is 24.6. The Kier molecular flexibility index (Phi) is 13.5. The van der Waals surface area contributed by atoms with E-state index in [2.05, 4.69) is 29.5 Å². The maximum Gasteiger partial charge on any atom is 0.191 e. The molecule has 0 aromatic carbocycles. The van der Waals surface area contributed by atoms with Crippen molar-refractivity contribution in [3.05, 3.63) is 17.5 Å². The summed E-state index contributed by atoms with van der Waals surface area (Å²) in [6.45, 7) is 6.99. The van der Waals surface area contributed by atoms with Gasteiger partial charge in [-0.25, -0.2) is 8.42 Å². The first-order chi connectivity index (χ1) is 11.9. The molecule has 6 nitrogen and oxygen atoms in total. The second-order valence-corrected chi connectivity index (χ2v) is 9.34. The predicted molar refractivity (Wildman–Crippen MR) is 121 cm³/mol. The van der Waals surface area contributed by atoms with Crippen molar-refractivity contribution >= 4 is 51.1 Å². The van der Waals surface area contributed by atoms with Crippen molar-refractivity contribution in [1.82, 2.24) is 10.6 Å². The molecule has 1 heterocycles. The molecule has 0 amide bonds. The van der Waals surface area contributed by atoms with Crippen LogP contribution in [0.4, 0.5) is 0 Å². The number of aliphatic hydroxyl groups excluding tert-OH is 1. The van der Waals surface area contributed by atoms with Gasteiger partial charge in [0.25, 0.3) is 0 Å². The molecule has 0 saturated carbocycles. The largest absolute Gasteiger partial charge is 0.390 e. The lowest BCUT2D eigenvalue weighted by Crippen LogP contribution is -2.42. The summed E-state index contributed by atoms with van der Waals surface area (Å²) in [6, 6.07) is 3.52. The Morgan fingerprint density at radius 2 is 2.08 bits per heavy atom. The molecule has 0 saturated heterocycles. The molecule has 2 unspecified atom stereocenters. The zero-order valence-electron chi connectivity index (χ0n) is 15.8. The van der Waals surface area contributed by atoms with Gasteiger partial charge in [-0.15, -0.1) is 35.3 Å². The molecule has 152 valence electrons. The smallest absolute Gasteiger partial charge is 0.191 e. The highest BCUT2D eigenvalue weighted by molar-refractivity contribution is 14.0. The Balaban J connectivity index is 0.00000625. The molecular formula is C17H32IN3O3S2. The fourth-order valence-corrected chi connectivity index (χ4v) is 4.82. The van der Waals surface area contributed by atoms with Gasteiger partial charge < -0.3 is 15.7 Å². The molecule has 0 aliphatic rings. The quantitative estimate of drug-likeness (QED) is 0.182. The van der Waals surface area contributed by atoms with E-state index in [1.807, 2.05) is 6.92 Å². The number of nitrogens with one attached hydrogen (secondary N) is 2. The summed E-state index contributed by atoms with van der Waals surface area (Å²) in [5, 5.41) is 18.2. The van der Waals surface area contributed by atoms with Crippen LogP contribution < -0.4 is 10.6 Å². The Labute approximate surface area is 178 Å². The molecule has 0 radical (unpaired) electrons. The van der Waals surface area contributed by atoms with Gasteiger partial charge in [-0.3, -0.25) is 4.99 Å². The van der Waals surface area contributed by atoms with E-state index in [1.54, 1.807) is 17.5 Å². The molecule has 1 rings (SSSR count). The third kappa shape index (κ3) is 10.1. The van der Waals surface area contributed by atoms with Crippen LogP contribution in [0.3, 0.4) is 0 Å². The number of guanidine groups is 1. The molecule has 0 fully saturated rings. The highest BCUT2D eigenvalue weighted by atomic mass is 127. The number of rotatable bonds is 11. The van der Waals surface area contributed by atoms with Crippen LogP contribution in [0.25, 0.3) is 0 Å². The lowest BCUT2D eigenvalue weighted by molar-refractivity contribution is 0.206. The maximum atomic E-state index is 12.2. The molecule has 0 bridgehead atoms. The van der Waals surface area contributed by atoms with Crippen molar-refractivity contribution in [2.45, 2.75) is 62.8 Å². The second-order valence-electron chi connectivity index (χ2n) is 6.13. The van der Waals surface area contributed by atoms with Crippen LogP contribution in [0.1, 0.15) is 46.5 Å². The van der Waals surface area contributed by atoms with Gasteiger partial charge in [0.1, 0.15) is 4.21 Å². The topological polar surface area (TPSA) is 90.8 Å². The number of sulfone groups is 1. The van der Waals surface area contributed by atoms with Gasteiger partial charge in [0.2, 0.25) is 0 Å². The predicted octanol–water partition coefficient (Wildman–Crippen LogP) is 3.02. The molecule has 26 heavy (non-hydrogen) atoms. The van der Waals surface area contributed by atoms with Crippen LogP contribution >= 0.6 is 35.3 Å². The molecule has 1 aromatic heterocycles. The number of hydrogen-bond donors (Lipinski definition) is 3. The third-order valence-electron chi connectivity index (χ3n) is 3.64. The van der Waals surface area contributed by atoms with Crippen molar-refractivity contribution in [3.8, 4) is 0 Å². The zero-order valence-corrected chi connectivity index (χ0v) is 19.7. The van der Waals surface area contributed by atoms with E-state index in [-0.39, 0.29) is 46.5 Å². The van der Waals surface area contributed by atoms with Gasteiger partial charge in [-0.1, -0.05) is 32.3 Å². The monoisotopic (exact) mass is 517 g/mol. The minimum atomic E-state index is -3.46. The van der Waals surface area contributed by atoms with E-state index in [1.165, 1.54) is 12.8 Å². The van der Waals surface area contributed by atoms with Crippen LogP contribution in [0, 0.1) is 0 Å². The van der Waals surface area contributed by atoms with Crippen molar-refractivity contribution in [2.75, 3.05) is 18.8 Å². The second kappa shape index (κ2) is 13.7. The number of nitrogens with zero attached hydrogens (tertiary/aromatic N) is 1. The Morgan fingerprint density at radius 3 is 2.65 bits per heavy atom. The van der Waals surface area contributed by atoms with E-state index < -0.39 is 15.9 Å². The summed E-state index contributed by atoms with van der Waals surface area (Å²) >= 11 is 1.16. The molecule has 0 spiro atoms. The first-order valence-electron chi connectivity index (χ1n) is 8.88. The summed E-state index contributed by atoms with van der Waals surface area (Å²) in [4.78, 5) is 4.33. The standard InChI is InChI=1S/C17H31N3O3S2.HI/c1-4-6-7-9-14(3)20-17(18-5-2)19-12-15(21)13-25(22,23)16-10-8-11-24-16;/h8,10-11,14-15,21H,4-7,9,12-13H2,1-3H3,(H2,18,19,20);1H. The maximum absolute atomic E-state index is 12.2. The molecule has 3 N–H and O–H groups in total. The lowest BCUT2D eigenvalue weighted by atomic mass is 10.1. The van der Waals surface area contributed by atoms with Crippen LogP contribution in [-0.2, 0) is 9.84 Å². The average Bonchev–Trinajstić information content (AvgIpc) is 3.08. The number of halogens is 1. The van der Waals surface area contributed by atoms with E-state index in [0.717, 1.165) is 24.2 Å². The molecule has 9 heteroatoms. The molecular weight excluding hydrogens is 485 g/mol. The van der Waals surface area contributed by atoms with E-state index in [0.29, 0.717) is 12.5 Å². The third-order valence-corrected chi connectivity index (χ3v) is 6.93. The molecule has 0 aliphatic carbocycles. The van der Waals surface area contributed by atoms with Crippen LogP contribution in [0.15, 0.2) is 26.7 Å². The SMILES string of the molecule is CCCCCC(C)NC(=NCC(O)CS(=O)(=O)c1cccs1)NCC.I. The zero-order chi connectivity index (χ0) is 18.7. The van der Waals surface area contributed by atoms with Crippen molar-refractivity contribution < 1.29 is 13.5 Å². The molecule has 2 atom stereocenters. The fourth-order valence-electron chi connectivity index (χ4n) is 2.35. The van der Waals surface area contributed by atoms with Gasteiger partial charge in [-0.2, -0.15) is 0 Å². The van der Waals surface area contributed by atoms with Gasteiger partial charge in [-0.05, 0) is 31.7 Å². The molecule has 0 aliphatic heterocycles. The van der Waals surface area contributed by atoms with Gasteiger partial charge >= 0.3 is 0 Å². The van der Waals surface area contributed by atoms with Gasteiger partial charge in [0, 0.05) is 12.6 Å². The Morgan fingerprint density at radius 1 is 1.35 bits per heavy atom. The van der Waals surface area contributed by atoms with Crippen molar-refractivity contribution in [1.29, 1.82) is 0 Å². The van der Waals surface area contributed by atoms with E-state index in [4.69, 9.17) is 0 Å². The number of aliphatic imine (C=N–C) groups is 1. The number of aliphatic hydroxyl groups is 1. The summed E-state index contributed by atoms with van der Waals surface area (Å²) in [7, 11) is -3.46. The van der Waals surface area contributed by atoms with Gasteiger partial charge in [0.15, 0.2) is 15.8 Å². The molecule has 1 aromatic rings. The van der Waals surface area contributed by atoms with E-state index in [9.17, 15) is 13.5 Å². The average molecular weight is 517 g/mol. The van der Waals surface area contributed by atoms with Crippen LogP contribution in [0.5, 0.6) is 0 Å². The highest BCUT2D eigenvalue weighted by Crippen LogP contribution is 2.18. The summed E-state index contributed by atoms with van der Waals surface area (Å²) in [5.74, 6) is 0.293. The van der Waals surface area contributed by atoms with Crippen molar-refractivity contribution in [2.24, 2.45) is 4.99 Å². The lowest BCUT2D eigenvalue weighted by Gasteiger charge is -2.18. The fraction of sp³-hybridized carbons (Fsp3) is 0.706. The number of unbranched alkanes of at least 4 members (excludes halogenated alkanes) is 2. The Hall–Kier alpha value is -0.390. The highest BCUT2D eigenvalue weighted by Gasteiger charge is 2.20. The van der Waals surface area contributed by atoms with Crippen molar-refractivity contribution in [3.63, 3.8) is 0 Å². The van der Waals surface area contributed by atoms with Gasteiger partial charge in [0.05, 0.1) is 18.4 Å². The minimum Gasteiger partial charge on any atom is -0.390 e. The minimum absolute atomic E-state index is 0. The first kappa shape index (κ1) is 25.6.